The maximum atomic E-state index is 12.7. The van der Waals surface area contributed by atoms with Gasteiger partial charge in [-0.25, -0.2) is 0 Å². The van der Waals surface area contributed by atoms with Gasteiger partial charge < -0.3 is 24.5 Å². The number of aryl methyl sites for hydroxylation is 2. The number of amides is 1. The Morgan fingerprint density at radius 3 is 2.70 bits per heavy atom. The SMILES string of the molecule is Cc1[nH]c2ccc(Oc3cccc(C(=O)Nc4ccc5c(c4)OCO5)c3)cc2c1C. The third kappa shape index (κ3) is 3.33. The zero-order chi connectivity index (χ0) is 20.7. The number of hydrogen-bond acceptors (Lipinski definition) is 4. The van der Waals surface area contributed by atoms with Gasteiger partial charge in [-0.15, -0.1) is 0 Å². The molecule has 2 N–H and O–H groups in total. The molecule has 1 aliphatic heterocycles. The maximum Gasteiger partial charge on any atom is 0.255 e. The second kappa shape index (κ2) is 7.15. The number of aromatic amines is 1. The highest BCUT2D eigenvalue weighted by Crippen LogP contribution is 2.34. The molecule has 3 aromatic carbocycles. The van der Waals surface area contributed by atoms with Crippen molar-refractivity contribution in [2.45, 2.75) is 13.8 Å². The number of carbonyl (C=O) groups excluding carboxylic acids is 1. The molecular formula is C24H20N2O4. The summed E-state index contributed by atoms with van der Waals surface area (Å²) >= 11 is 0. The Balaban J connectivity index is 1.35. The van der Waals surface area contributed by atoms with Crippen molar-refractivity contribution in [3.8, 4) is 23.0 Å². The molecule has 1 amide bonds. The zero-order valence-corrected chi connectivity index (χ0v) is 16.6. The summed E-state index contributed by atoms with van der Waals surface area (Å²) in [6.07, 6.45) is 0. The third-order valence-corrected chi connectivity index (χ3v) is 5.24. The summed E-state index contributed by atoms with van der Waals surface area (Å²) in [6.45, 7) is 4.33. The highest BCUT2D eigenvalue weighted by Gasteiger charge is 2.15. The van der Waals surface area contributed by atoms with Crippen molar-refractivity contribution in [1.29, 1.82) is 0 Å². The third-order valence-electron chi connectivity index (χ3n) is 5.24. The fraction of sp³-hybridized carbons (Fsp3) is 0.125. The monoisotopic (exact) mass is 400 g/mol. The van der Waals surface area contributed by atoms with E-state index in [2.05, 4.69) is 24.1 Å². The van der Waals surface area contributed by atoms with E-state index in [0.29, 0.717) is 28.5 Å². The van der Waals surface area contributed by atoms with Gasteiger partial charge in [-0.2, -0.15) is 0 Å². The summed E-state index contributed by atoms with van der Waals surface area (Å²) in [5.74, 6) is 2.38. The molecule has 0 saturated heterocycles. The normalized spacial score (nSPS) is 12.2. The van der Waals surface area contributed by atoms with E-state index in [-0.39, 0.29) is 12.7 Å². The second-order valence-corrected chi connectivity index (χ2v) is 7.23. The van der Waals surface area contributed by atoms with Crippen molar-refractivity contribution < 1.29 is 19.0 Å². The van der Waals surface area contributed by atoms with Crippen LogP contribution in [0.2, 0.25) is 0 Å². The van der Waals surface area contributed by atoms with Crippen LogP contribution in [0, 0.1) is 13.8 Å². The molecule has 5 rings (SSSR count). The molecular weight excluding hydrogens is 380 g/mol. The molecule has 0 saturated carbocycles. The molecule has 30 heavy (non-hydrogen) atoms. The Morgan fingerprint density at radius 1 is 0.967 bits per heavy atom. The van der Waals surface area contributed by atoms with Gasteiger partial charge >= 0.3 is 0 Å². The van der Waals surface area contributed by atoms with Crippen LogP contribution in [0.4, 0.5) is 5.69 Å². The van der Waals surface area contributed by atoms with E-state index >= 15 is 0 Å². The van der Waals surface area contributed by atoms with Gasteiger partial charge in [0.1, 0.15) is 11.5 Å². The molecule has 150 valence electrons. The number of benzene rings is 3. The zero-order valence-electron chi connectivity index (χ0n) is 16.6. The van der Waals surface area contributed by atoms with Gasteiger partial charge in [-0.05, 0) is 67.9 Å². The van der Waals surface area contributed by atoms with E-state index in [9.17, 15) is 4.79 Å². The fourth-order valence-electron chi connectivity index (χ4n) is 3.52. The first-order valence-corrected chi connectivity index (χ1v) is 9.65. The minimum Gasteiger partial charge on any atom is -0.457 e. The number of hydrogen-bond donors (Lipinski definition) is 2. The van der Waals surface area contributed by atoms with Gasteiger partial charge in [-0.1, -0.05) is 6.07 Å². The number of nitrogens with one attached hydrogen (secondary N) is 2. The molecule has 1 aliphatic rings. The highest BCUT2D eigenvalue weighted by atomic mass is 16.7. The summed E-state index contributed by atoms with van der Waals surface area (Å²) in [5, 5.41) is 4.01. The Bertz CT molecular complexity index is 1280. The average molecular weight is 400 g/mol. The molecule has 0 bridgehead atoms. The summed E-state index contributed by atoms with van der Waals surface area (Å²) in [7, 11) is 0. The van der Waals surface area contributed by atoms with Crippen molar-refractivity contribution >= 4 is 22.5 Å². The van der Waals surface area contributed by atoms with Crippen LogP contribution in [0.5, 0.6) is 23.0 Å². The van der Waals surface area contributed by atoms with E-state index in [0.717, 1.165) is 22.3 Å². The average Bonchev–Trinajstić information content (AvgIpc) is 3.32. The number of fused-ring (bicyclic) bond motifs is 2. The summed E-state index contributed by atoms with van der Waals surface area (Å²) < 4.78 is 16.7. The Kier molecular flexibility index (Phi) is 4.32. The molecule has 1 aromatic heterocycles. The summed E-state index contributed by atoms with van der Waals surface area (Å²) in [4.78, 5) is 16.1. The van der Waals surface area contributed by atoms with E-state index in [1.165, 1.54) is 5.56 Å². The highest BCUT2D eigenvalue weighted by molar-refractivity contribution is 6.04. The van der Waals surface area contributed by atoms with Crippen molar-refractivity contribution in [3.05, 3.63) is 77.5 Å². The summed E-state index contributed by atoms with van der Waals surface area (Å²) in [5.41, 5.74) is 4.56. The van der Waals surface area contributed by atoms with Crippen LogP contribution in [-0.2, 0) is 0 Å². The Labute approximate surface area is 173 Å². The second-order valence-electron chi connectivity index (χ2n) is 7.23. The van der Waals surface area contributed by atoms with Crippen LogP contribution in [0.3, 0.4) is 0 Å². The quantitative estimate of drug-likeness (QED) is 0.471. The van der Waals surface area contributed by atoms with Gasteiger partial charge in [-0.3, -0.25) is 4.79 Å². The van der Waals surface area contributed by atoms with E-state index < -0.39 is 0 Å². The first-order valence-electron chi connectivity index (χ1n) is 9.65. The van der Waals surface area contributed by atoms with Gasteiger partial charge in [0.25, 0.3) is 5.91 Å². The molecule has 4 aromatic rings. The molecule has 0 atom stereocenters. The Hall–Kier alpha value is -3.93. The number of anilines is 1. The minimum atomic E-state index is -0.230. The number of rotatable bonds is 4. The largest absolute Gasteiger partial charge is 0.457 e. The minimum absolute atomic E-state index is 0.194. The molecule has 6 nitrogen and oxygen atoms in total. The molecule has 0 unspecified atom stereocenters. The first kappa shape index (κ1) is 18.1. The lowest BCUT2D eigenvalue weighted by molar-refractivity contribution is 0.102. The number of H-pyrrole nitrogens is 1. The maximum absolute atomic E-state index is 12.7. The molecule has 2 heterocycles. The van der Waals surface area contributed by atoms with Crippen LogP contribution in [0.15, 0.2) is 60.7 Å². The predicted octanol–water partition coefficient (Wildman–Crippen LogP) is 5.56. The molecule has 0 radical (unpaired) electrons. The Morgan fingerprint density at radius 2 is 1.80 bits per heavy atom. The first-order chi connectivity index (χ1) is 14.6. The fourth-order valence-corrected chi connectivity index (χ4v) is 3.52. The van der Waals surface area contributed by atoms with Crippen molar-refractivity contribution in [1.82, 2.24) is 4.98 Å². The van der Waals surface area contributed by atoms with Crippen LogP contribution in [0.1, 0.15) is 21.6 Å². The van der Waals surface area contributed by atoms with Crippen LogP contribution >= 0.6 is 0 Å². The van der Waals surface area contributed by atoms with E-state index in [4.69, 9.17) is 14.2 Å². The topological polar surface area (TPSA) is 72.6 Å². The van der Waals surface area contributed by atoms with E-state index in [1.807, 2.05) is 24.3 Å². The lowest BCUT2D eigenvalue weighted by Gasteiger charge is -2.09. The number of carbonyl (C=O) groups is 1. The number of ether oxygens (including phenoxy) is 3. The van der Waals surface area contributed by atoms with Gasteiger partial charge in [0.05, 0.1) is 0 Å². The van der Waals surface area contributed by atoms with Crippen molar-refractivity contribution in [3.63, 3.8) is 0 Å². The van der Waals surface area contributed by atoms with Gasteiger partial charge in [0.2, 0.25) is 6.79 Å². The van der Waals surface area contributed by atoms with Crippen molar-refractivity contribution in [2.75, 3.05) is 12.1 Å². The molecule has 0 fully saturated rings. The standard InChI is InChI=1S/C24H20N2O4/c1-14-15(2)25-21-8-7-19(12-20(14)21)30-18-5-3-4-16(10-18)24(27)26-17-6-9-22-23(11-17)29-13-28-22/h3-12,25H,13H2,1-2H3,(H,26,27). The van der Waals surface area contributed by atoms with Crippen molar-refractivity contribution in [2.24, 2.45) is 0 Å². The molecule has 0 aliphatic carbocycles. The lowest BCUT2D eigenvalue weighted by atomic mass is 10.1. The molecule has 0 spiro atoms. The van der Waals surface area contributed by atoms with Gasteiger partial charge in [0.15, 0.2) is 11.5 Å². The van der Waals surface area contributed by atoms with Crippen LogP contribution < -0.4 is 19.5 Å². The van der Waals surface area contributed by atoms with Gasteiger partial charge in [0, 0.05) is 33.9 Å². The smallest absolute Gasteiger partial charge is 0.255 e. The molecule has 6 heteroatoms. The number of aromatic nitrogens is 1. The lowest BCUT2D eigenvalue weighted by Crippen LogP contribution is -2.11. The summed E-state index contributed by atoms with van der Waals surface area (Å²) in [6, 6.07) is 18.3. The predicted molar refractivity (Wildman–Crippen MR) is 115 cm³/mol. The van der Waals surface area contributed by atoms with Crippen LogP contribution in [-0.4, -0.2) is 17.7 Å². The van der Waals surface area contributed by atoms with Crippen LogP contribution in [0.25, 0.3) is 10.9 Å². The van der Waals surface area contributed by atoms with E-state index in [1.54, 1.807) is 36.4 Å².